The Morgan fingerprint density at radius 3 is 2.39 bits per heavy atom. The molecule has 1 aromatic carbocycles. The Hall–Kier alpha value is -2.93. The summed E-state index contributed by atoms with van der Waals surface area (Å²) in [5, 5.41) is 2.04. The number of hydrogen-bond donors (Lipinski definition) is 0. The summed E-state index contributed by atoms with van der Waals surface area (Å²) in [7, 11) is 4.60. The third kappa shape index (κ3) is 4.48. The highest BCUT2D eigenvalue weighted by Crippen LogP contribution is 2.38. The van der Waals surface area contributed by atoms with Crippen LogP contribution < -0.4 is 14.2 Å². The summed E-state index contributed by atoms with van der Waals surface area (Å²) in [6.45, 7) is 1.04. The molecule has 0 aliphatic heterocycles. The van der Waals surface area contributed by atoms with E-state index in [1.807, 2.05) is 17.5 Å². The molecule has 3 aromatic rings. The molecular formula is C21H23NO5S. The Balaban J connectivity index is 1.88. The first-order valence-electron chi connectivity index (χ1n) is 8.79. The normalized spacial score (nSPS) is 10.5. The summed E-state index contributed by atoms with van der Waals surface area (Å²) in [5.74, 6) is 1.25. The van der Waals surface area contributed by atoms with Gasteiger partial charge in [0.2, 0.25) is 5.75 Å². The third-order valence-electron chi connectivity index (χ3n) is 4.36. The second-order valence-corrected chi connectivity index (χ2v) is 7.13. The van der Waals surface area contributed by atoms with E-state index in [0.29, 0.717) is 35.9 Å². The molecule has 148 valence electrons. The quantitative estimate of drug-likeness (QED) is 0.536. The highest BCUT2D eigenvalue weighted by Gasteiger charge is 2.22. The van der Waals surface area contributed by atoms with Gasteiger partial charge >= 0.3 is 0 Å². The Kier molecular flexibility index (Phi) is 6.60. The molecule has 2 heterocycles. The minimum Gasteiger partial charge on any atom is -0.493 e. The number of methoxy groups -OCH3 is 3. The van der Waals surface area contributed by atoms with Crippen LogP contribution in [0, 0.1) is 0 Å². The SMILES string of the molecule is COc1cc(C(=O)N(CCc2cccs2)Cc2ccoc2)cc(OC)c1OC. The first-order valence-corrected chi connectivity index (χ1v) is 9.67. The van der Waals surface area contributed by atoms with Crippen LogP contribution >= 0.6 is 11.3 Å². The van der Waals surface area contributed by atoms with Crippen LogP contribution in [-0.2, 0) is 13.0 Å². The minimum absolute atomic E-state index is 0.114. The van der Waals surface area contributed by atoms with Gasteiger partial charge in [0.25, 0.3) is 5.91 Å². The predicted molar refractivity (Wildman–Crippen MR) is 108 cm³/mol. The lowest BCUT2D eigenvalue weighted by molar-refractivity contribution is 0.0744. The van der Waals surface area contributed by atoms with Crippen LogP contribution in [0.25, 0.3) is 0 Å². The molecule has 0 radical (unpaired) electrons. The number of ether oxygens (including phenoxy) is 3. The summed E-state index contributed by atoms with van der Waals surface area (Å²) in [6.07, 6.45) is 4.04. The van der Waals surface area contributed by atoms with Crippen LogP contribution in [0.15, 0.2) is 52.7 Å². The lowest BCUT2D eigenvalue weighted by atomic mass is 10.1. The molecule has 0 saturated heterocycles. The summed E-state index contributed by atoms with van der Waals surface area (Å²) in [4.78, 5) is 16.3. The van der Waals surface area contributed by atoms with Crippen molar-refractivity contribution in [3.8, 4) is 17.2 Å². The molecule has 1 amide bonds. The minimum atomic E-state index is -0.114. The summed E-state index contributed by atoms with van der Waals surface area (Å²) >= 11 is 1.68. The second-order valence-electron chi connectivity index (χ2n) is 6.10. The number of carbonyl (C=O) groups excluding carboxylic acids is 1. The fourth-order valence-corrected chi connectivity index (χ4v) is 3.64. The van der Waals surface area contributed by atoms with Crippen molar-refractivity contribution in [1.29, 1.82) is 0 Å². The highest BCUT2D eigenvalue weighted by atomic mass is 32.1. The molecule has 0 bridgehead atoms. The van der Waals surface area contributed by atoms with Crippen LogP contribution in [0.3, 0.4) is 0 Å². The van der Waals surface area contributed by atoms with E-state index in [0.717, 1.165) is 12.0 Å². The van der Waals surface area contributed by atoms with Gasteiger partial charge in [-0.3, -0.25) is 4.79 Å². The molecule has 0 fully saturated rings. The molecule has 0 spiro atoms. The van der Waals surface area contributed by atoms with E-state index in [-0.39, 0.29) is 5.91 Å². The standard InChI is InChI=1S/C21H23NO5S/c1-24-18-11-16(12-19(25-2)20(18)26-3)21(23)22(13-15-7-9-27-14-15)8-6-17-5-4-10-28-17/h4-5,7,9-12,14H,6,8,13H2,1-3H3. The van der Waals surface area contributed by atoms with E-state index in [1.54, 1.807) is 40.9 Å². The number of rotatable bonds is 9. The van der Waals surface area contributed by atoms with Gasteiger partial charge in [-0.25, -0.2) is 0 Å². The van der Waals surface area contributed by atoms with Gasteiger partial charge in [-0.15, -0.1) is 11.3 Å². The van der Waals surface area contributed by atoms with Crippen molar-refractivity contribution in [3.05, 3.63) is 64.2 Å². The molecule has 0 saturated carbocycles. The maximum absolute atomic E-state index is 13.3. The van der Waals surface area contributed by atoms with Crippen molar-refractivity contribution < 1.29 is 23.4 Å². The van der Waals surface area contributed by atoms with Gasteiger partial charge < -0.3 is 23.5 Å². The Bertz CT molecular complexity index is 865. The molecule has 0 aliphatic carbocycles. The number of thiophene rings is 1. The molecule has 0 atom stereocenters. The Morgan fingerprint density at radius 1 is 1.11 bits per heavy atom. The Morgan fingerprint density at radius 2 is 1.86 bits per heavy atom. The zero-order chi connectivity index (χ0) is 19.9. The lowest BCUT2D eigenvalue weighted by Crippen LogP contribution is -2.32. The van der Waals surface area contributed by atoms with E-state index < -0.39 is 0 Å². The van der Waals surface area contributed by atoms with Gasteiger partial charge in [-0.05, 0) is 36.1 Å². The first kappa shape index (κ1) is 19.8. The van der Waals surface area contributed by atoms with E-state index in [9.17, 15) is 4.79 Å². The molecule has 0 N–H and O–H groups in total. The van der Waals surface area contributed by atoms with Crippen molar-refractivity contribution in [1.82, 2.24) is 4.90 Å². The second kappa shape index (κ2) is 9.32. The number of furan rings is 1. The van der Waals surface area contributed by atoms with Crippen molar-refractivity contribution in [3.63, 3.8) is 0 Å². The number of carbonyl (C=O) groups is 1. The third-order valence-corrected chi connectivity index (χ3v) is 5.30. The molecule has 28 heavy (non-hydrogen) atoms. The van der Waals surface area contributed by atoms with Gasteiger partial charge in [-0.2, -0.15) is 0 Å². The maximum Gasteiger partial charge on any atom is 0.254 e. The molecule has 3 rings (SSSR count). The van der Waals surface area contributed by atoms with E-state index in [2.05, 4.69) is 6.07 Å². The molecule has 6 nitrogen and oxygen atoms in total. The van der Waals surface area contributed by atoms with Crippen LogP contribution in [-0.4, -0.2) is 38.7 Å². The molecule has 2 aromatic heterocycles. The smallest absolute Gasteiger partial charge is 0.254 e. The summed E-state index contributed by atoms with van der Waals surface area (Å²) in [6, 6.07) is 9.31. The number of amides is 1. The topological polar surface area (TPSA) is 61.1 Å². The monoisotopic (exact) mass is 401 g/mol. The molecule has 0 unspecified atom stereocenters. The zero-order valence-electron chi connectivity index (χ0n) is 16.1. The maximum atomic E-state index is 13.3. The predicted octanol–water partition coefficient (Wildman–Crippen LogP) is 4.25. The zero-order valence-corrected chi connectivity index (χ0v) is 17.0. The largest absolute Gasteiger partial charge is 0.493 e. The van der Waals surface area contributed by atoms with Crippen LogP contribution in [0.5, 0.6) is 17.2 Å². The first-order chi connectivity index (χ1) is 13.7. The van der Waals surface area contributed by atoms with Gasteiger partial charge in [0.1, 0.15) is 0 Å². The van der Waals surface area contributed by atoms with Crippen molar-refractivity contribution in [2.24, 2.45) is 0 Å². The van der Waals surface area contributed by atoms with Crippen LogP contribution in [0.2, 0.25) is 0 Å². The van der Waals surface area contributed by atoms with Gasteiger partial charge in [0.15, 0.2) is 11.5 Å². The van der Waals surface area contributed by atoms with E-state index in [1.165, 1.54) is 26.2 Å². The average molecular weight is 401 g/mol. The highest BCUT2D eigenvalue weighted by molar-refractivity contribution is 7.09. The van der Waals surface area contributed by atoms with Crippen molar-refractivity contribution in [2.75, 3.05) is 27.9 Å². The number of benzene rings is 1. The molecule has 0 aliphatic rings. The Labute approximate surface area is 168 Å². The van der Waals surface area contributed by atoms with Gasteiger partial charge in [0.05, 0.1) is 33.9 Å². The number of nitrogens with zero attached hydrogens (tertiary/aromatic N) is 1. The van der Waals surface area contributed by atoms with Crippen molar-refractivity contribution >= 4 is 17.2 Å². The van der Waals surface area contributed by atoms with Crippen LogP contribution in [0.1, 0.15) is 20.8 Å². The van der Waals surface area contributed by atoms with Crippen LogP contribution in [0.4, 0.5) is 0 Å². The van der Waals surface area contributed by atoms with E-state index >= 15 is 0 Å². The van der Waals surface area contributed by atoms with Gasteiger partial charge in [0, 0.05) is 29.1 Å². The summed E-state index contributed by atoms with van der Waals surface area (Å²) in [5.41, 5.74) is 1.41. The molecular weight excluding hydrogens is 378 g/mol. The van der Waals surface area contributed by atoms with Gasteiger partial charge in [-0.1, -0.05) is 6.07 Å². The fourth-order valence-electron chi connectivity index (χ4n) is 2.94. The summed E-state index contributed by atoms with van der Waals surface area (Å²) < 4.78 is 21.3. The lowest BCUT2D eigenvalue weighted by Gasteiger charge is -2.23. The molecule has 7 heteroatoms. The van der Waals surface area contributed by atoms with Crippen molar-refractivity contribution in [2.45, 2.75) is 13.0 Å². The van der Waals surface area contributed by atoms with E-state index in [4.69, 9.17) is 18.6 Å². The number of hydrogen-bond acceptors (Lipinski definition) is 6. The fraction of sp³-hybridized carbons (Fsp3) is 0.286. The average Bonchev–Trinajstić information content (AvgIpc) is 3.43.